The maximum absolute atomic E-state index is 6.05. The number of nitrogens with one attached hydrogen (secondary N) is 2. The minimum absolute atomic E-state index is 0.131. The van der Waals surface area contributed by atoms with Crippen LogP contribution >= 0.6 is 11.6 Å². The van der Waals surface area contributed by atoms with Gasteiger partial charge in [0.25, 0.3) is 0 Å². The van der Waals surface area contributed by atoms with Gasteiger partial charge in [0, 0.05) is 10.7 Å². The molecule has 3 rings (SSSR count). The lowest BCUT2D eigenvalue weighted by Gasteiger charge is -2.12. The van der Waals surface area contributed by atoms with Crippen LogP contribution in [0.15, 0.2) is 48.7 Å². The standard InChI is InChI=1S/C19H20ClN5O2/c1-12(2)27-15-7-5-14(6-8-15)22-18-11-21-25-19(24-18)23-16-10-13(20)4-9-17(16)26-3/h4-12H,1-3H3,(H2,22,23,24,25). The van der Waals surface area contributed by atoms with Crippen molar-refractivity contribution < 1.29 is 9.47 Å². The van der Waals surface area contributed by atoms with Crippen LogP contribution in [0.3, 0.4) is 0 Å². The molecule has 8 heteroatoms. The van der Waals surface area contributed by atoms with Crippen LogP contribution in [-0.4, -0.2) is 28.4 Å². The van der Waals surface area contributed by atoms with Gasteiger partial charge in [-0.05, 0) is 56.3 Å². The number of nitrogens with zero attached hydrogens (tertiary/aromatic N) is 3. The molecule has 0 fully saturated rings. The number of methoxy groups -OCH3 is 1. The second-order valence-corrected chi connectivity index (χ2v) is 6.39. The summed E-state index contributed by atoms with van der Waals surface area (Å²) in [7, 11) is 1.58. The van der Waals surface area contributed by atoms with Gasteiger partial charge in [-0.15, -0.1) is 5.10 Å². The maximum atomic E-state index is 6.05. The highest BCUT2D eigenvalue weighted by Gasteiger charge is 2.08. The Hall–Kier alpha value is -3.06. The van der Waals surface area contributed by atoms with Gasteiger partial charge in [0.15, 0.2) is 5.82 Å². The predicted molar refractivity (Wildman–Crippen MR) is 107 cm³/mol. The highest BCUT2D eigenvalue weighted by atomic mass is 35.5. The van der Waals surface area contributed by atoms with Crippen LogP contribution in [0.5, 0.6) is 11.5 Å². The van der Waals surface area contributed by atoms with Crippen LogP contribution in [0.4, 0.5) is 23.1 Å². The normalized spacial score (nSPS) is 10.6. The van der Waals surface area contributed by atoms with E-state index in [4.69, 9.17) is 21.1 Å². The molecule has 3 aromatic rings. The lowest BCUT2D eigenvalue weighted by atomic mass is 10.3. The van der Waals surface area contributed by atoms with Gasteiger partial charge < -0.3 is 20.1 Å². The molecule has 0 saturated heterocycles. The fourth-order valence-electron chi connectivity index (χ4n) is 2.35. The monoisotopic (exact) mass is 385 g/mol. The third-order valence-electron chi connectivity index (χ3n) is 3.47. The number of aromatic nitrogens is 3. The van der Waals surface area contributed by atoms with Crippen LogP contribution in [0.2, 0.25) is 5.02 Å². The number of hydrogen-bond donors (Lipinski definition) is 2. The molecule has 1 heterocycles. The van der Waals surface area contributed by atoms with Gasteiger partial charge in [0.1, 0.15) is 11.5 Å². The zero-order valence-electron chi connectivity index (χ0n) is 15.2. The summed E-state index contributed by atoms with van der Waals surface area (Å²) in [5.74, 6) is 2.31. The molecule has 0 radical (unpaired) electrons. The van der Waals surface area contributed by atoms with Crippen molar-refractivity contribution in [2.75, 3.05) is 17.7 Å². The quantitative estimate of drug-likeness (QED) is 0.604. The van der Waals surface area contributed by atoms with E-state index in [1.54, 1.807) is 31.5 Å². The van der Waals surface area contributed by atoms with Crippen molar-refractivity contribution in [2.45, 2.75) is 20.0 Å². The molecule has 140 valence electrons. The summed E-state index contributed by atoms with van der Waals surface area (Å²) >= 11 is 6.05. The van der Waals surface area contributed by atoms with Gasteiger partial charge >= 0.3 is 0 Å². The summed E-state index contributed by atoms with van der Waals surface area (Å²) in [4.78, 5) is 4.41. The Labute approximate surface area is 162 Å². The van der Waals surface area contributed by atoms with E-state index >= 15 is 0 Å². The maximum Gasteiger partial charge on any atom is 0.249 e. The smallest absolute Gasteiger partial charge is 0.249 e. The SMILES string of the molecule is COc1ccc(Cl)cc1Nc1nncc(Nc2ccc(OC(C)C)cc2)n1. The number of hydrogen-bond acceptors (Lipinski definition) is 7. The average molecular weight is 386 g/mol. The first-order valence-corrected chi connectivity index (χ1v) is 8.75. The topological polar surface area (TPSA) is 81.2 Å². The molecule has 0 aliphatic carbocycles. The molecule has 2 aromatic carbocycles. The van der Waals surface area contributed by atoms with E-state index in [1.165, 1.54) is 0 Å². The largest absolute Gasteiger partial charge is 0.495 e. The van der Waals surface area contributed by atoms with Crippen molar-refractivity contribution >= 4 is 34.7 Å². The molecule has 0 unspecified atom stereocenters. The molecule has 2 N–H and O–H groups in total. The van der Waals surface area contributed by atoms with Crippen LogP contribution in [-0.2, 0) is 0 Å². The van der Waals surface area contributed by atoms with Crippen molar-refractivity contribution in [3.8, 4) is 11.5 Å². The zero-order valence-corrected chi connectivity index (χ0v) is 16.0. The fraction of sp³-hybridized carbons (Fsp3) is 0.211. The van der Waals surface area contributed by atoms with E-state index in [9.17, 15) is 0 Å². The van der Waals surface area contributed by atoms with Gasteiger partial charge in [-0.25, -0.2) is 0 Å². The summed E-state index contributed by atoms with van der Waals surface area (Å²) in [6, 6.07) is 12.9. The molecule has 0 saturated carbocycles. The van der Waals surface area contributed by atoms with E-state index in [1.807, 2.05) is 38.1 Å². The number of halogens is 1. The van der Waals surface area contributed by atoms with E-state index < -0.39 is 0 Å². The Kier molecular flexibility index (Phi) is 5.93. The first-order chi connectivity index (χ1) is 13.0. The molecule has 0 bridgehead atoms. The molecule has 7 nitrogen and oxygen atoms in total. The lowest BCUT2D eigenvalue weighted by molar-refractivity contribution is 0.242. The molecular formula is C19H20ClN5O2. The lowest BCUT2D eigenvalue weighted by Crippen LogP contribution is -2.05. The van der Waals surface area contributed by atoms with Crippen LogP contribution in [0.25, 0.3) is 0 Å². The minimum Gasteiger partial charge on any atom is -0.495 e. The Bertz CT molecular complexity index is 903. The van der Waals surface area contributed by atoms with E-state index in [0.717, 1.165) is 11.4 Å². The Morgan fingerprint density at radius 3 is 2.52 bits per heavy atom. The number of benzene rings is 2. The average Bonchev–Trinajstić information content (AvgIpc) is 2.63. The van der Waals surface area contributed by atoms with Gasteiger partial charge in [-0.2, -0.15) is 10.1 Å². The van der Waals surface area contributed by atoms with Crippen LogP contribution in [0, 0.1) is 0 Å². The van der Waals surface area contributed by atoms with Crippen molar-refractivity contribution in [3.63, 3.8) is 0 Å². The summed E-state index contributed by atoms with van der Waals surface area (Å²) in [6.07, 6.45) is 1.67. The minimum atomic E-state index is 0.131. The van der Waals surface area contributed by atoms with Gasteiger partial charge in [-0.1, -0.05) is 11.6 Å². The molecule has 27 heavy (non-hydrogen) atoms. The zero-order chi connectivity index (χ0) is 19.2. The molecule has 0 aliphatic heterocycles. The number of rotatable bonds is 7. The van der Waals surface area contributed by atoms with Crippen LogP contribution < -0.4 is 20.1 Å². The van der Waals surface area contributed by atoms with Crippen LogP contribution in [0.1, 0.15) is 13.8 Å². The number of ether oxygens (including phenoxy) is 2. The van der Waals surface area contributed by atoms with Gasteiger partial charge in [0.05, 0.1) is 25.1 Å². The van der Waals surface area contributed by atoms with E-state index in [2.05, 4.69) is 25.8 Å². The predicted octanol–water partition coefficient (Wildman–Crippen LogP) is 4.81. The Morgan fingerprint density at radius 1 is 1.04 bits per heavy atom. The molecule has 0 spiro atoms. The molecule has 0 aliphatic rings. The molecular weight excluding hydrogens is 366 g/mol. The third kappa shape index (κ3) is 5.21. The fourth-order valence-corrected chi connectivity index (χ4v) is 2.52. The van der Waals surface area contributed by atoms with E-state index in [-0.39, 0.29) is 6.10 Å². The third-order valence-corrected chi connectivity index (χ3v) is 3.70. The molecule has 0 amide bonds. The second-order valence-electron chi connectivity index (χ2n) is 5.95. The first kappa shape index (κ1) is 18.7. The highest BCUT2D eigenvalue weighted by molar-refractivity contribution is 6.31. The number of anilines is 4. The second kappa shape index (κ2) is 8.55. The summed E-state index contributed by atoms with van der Waals surface area (Å²) in [6.45, 7) is 3.98. The van der Waals surface area contributed by atoms with Gasteiger partial charge in [-0.3, -0.25) is 0 Å². The van der Waals surface area contributed by atoms with Gasteiger partial charge in [0.2, 0.25) is 5.95 Å². The van der Waals surface area contributed by atoms with Crippen molar-refractivity contribution in [3.05, 3.63) is 53.7 Å². The Morgan fingerprint density at radius 2 is 1.81 bits per heavy atom. The summed E-state index contributed by atoms with van der Waals surface area (Å²) in [5, 5.41) is 14.8. The molecule has 0 atom stereocenters. The van der Waals surface area contributed by atoms with E-state index in [0.29, 0.717) is 28.2 Å². The van der Waals surface area contributed by atoms with Crippen molar-refractivity contribution in [2.24, 2.45) is 0 Å². The summed E-state index contributed by atoms with van der Waals surface area (Å²) < 4.78 is 11.0. The first-order valence-electron chi connectivity index (χ1n) is 8.37. The highest BCUT2D eigenvalue weighted by Crippen LogP contribution is 2.29. The molecule has 1 aromatic heterocycles. The summed E-state index contributed by atoms with van der Waals surface area (Å²) in [5.41, 5.74) is 1.51. The van der Waals surface area contributed by atoms with Crippen molar-refractivity contribution in [1.29, 1.82) is 0 Å². The van der Waals surface area contributed by atoms with Crippen molar-refractivity contribution in [1.82, 2.24) is 15.2 Å². The Balaban J connectivity index is 1.73.